The van der Waals surface area contributed by atoms with Crippen LogP contribution in [0.4, 0.5) is 0 Å². The van der Waals surface area contributed by atoms with E-state index in [0.717, 1.165) is 28.2 Å². The third-order valence-corrected chi connectivity index (χ3v) is 4.81. The predicted octanol–water partition coefficient (Wildman–Crippen LogP) is 3.46. The Morgan fingerprint density at radius 1 is 0.742 bits per heavy atom. The van der Waals surface area contributed by atoms with Gasteiger partial charge in [-0.1, -0.05) is 36.4 Å². The van der Waals surface area contributed by atoms with Crippen LogP contribution in [0.2, 0.25) is 0 Å². The highest BCUT2D eigenvalue weighted by atomic mass is 16.5. The summed E-state index contributed by atoms with van der Waals surface area (Å²) in [6, 6.07) is 22.5. The van der Waals surface area contributed by atoms with Crippen molar-refractivity contribution in [2.45, 2.75) is 6.42 Å². The van der Waals surface area contributed by atoms with Crippen molar-refractivity contribution < 1.29 is 19.1 Å². The molecule has 3 aromatic carbocycles. The van der Waals surface area contributed by atoms with Crippen molar-refractivity contribution in [1.29, 1.82) is 0 Å². The molecule has 0 atom stereocenters. The molecule has 0 aliphatic heterocycles. The number of rotatable bonds is 9. The molecule has 160 valence electrons. The van der Waals surface area contributed by atoms with Crippen LogP contribution < -0.4 is 20.1 Å². The van der Waals surface area contributed by atoms with Gasteiger partial charge < -0.3 is 20.1 Å². The Balaban J connectivity index is 1.43. The Hall–Kier alpha value is -3.80. The lowest BCUT2D eigenvalue weighted by molar-refractivity contribution is -0.120. The van der Waals surface area contributed by atoms with E-state index in [9.17, 15) is 9.59 Å². The van der Waals surface area contributed by atoms with E-state index >= 15 is 0 Å². The van der Waals surface area contributed by atoms with Crippen LogP contribution in [0.5, 0.6) is 11.5 Å². The maximum atomic E-state index is 12.3. The van der Waals surface area contributed by atoms with Gasteiger partial charge in [0, 0.05) is 18.7 Å². The third kappa shape index (κ3) is 6.34. The molecule has 2 N–H and O–H groups in total. The second-order valence-electron chi connectivity index (χ2n) is 6.94. The summed E-state index contributed by atoms with van der Waals surface area (Å²) in [5.74, 6) is 1.26. The van der Waals surface area contributed by atoms with Crippen molar-refractivity contribution in [3.05, 3.63) is 83.9 Å². The molecule has 0 spiro atoms. The Morgan fingerprint density at radius 2 is 1.42 bits per heavy atom. The molecule has 2 amide bonds. The minimum Gasteiger partial charge on any atom is -0.497 e. The van der Waals surface area contributed by atoms with Crippen molar-refractivity contribution in [1.82, 2.24) is 10.6 Å². The van der Waals surface area contributed by atoms with Crippen LogP contribution in [0.15, 0.2) is 72.8 Å². The van der Waals surface area contributed by atoms with Crippen molar-refractivity contribution >= 4 is 11.8 Å². The zero-order chi connectivity index (χ0) is 22.1. The Labute approximate surface area is 182 Å². The number of methoxy groups -OCH3 is 2. The lowest BCUT2D eigenvalue weighted by Gasteiger charge is -2.09. The molecular formula is C25H26N2O4. The zero-order valence-corrected chi connectivity index (χ0v) is 17.7. The second kappa shape index (κ2) is 10.8. The minimum absolute atomic E-state index is 0.0953. The number of hydrogen-bond donors (Lipinski definition) is 2. The van der Waals surface area contributed by atoms with E-state index in [2.05, 4.69) is 10.6 Å². The van der Waals surface area contributed by atoms with Crippen LogP contribution in [0.3, 0.4) is 0 Å². The molecular weight excluding hydrogens is 392 g/mol. The van der Waals surface area contributed by atoms with Gasteiger partial charge in [-0.25, -0.2) is 0 Å². The fourth-order valence-corrected chi connectivity index (χ4v) is 3.09. The molecule has 3 aromatic rings. The third-order valence-electron chi connectivity index (χ3n) is 4.81. The summed E-state index contributed by atoms with van der Waals surface area (Å²) in [6.07, 6.45) is 0.281. The van der Waals surface area contributed by atoms with Gasteiger partial charge in [0.2, 0.25) is 5.91 Å². The van der Waals surface area contributed by atoms with Gasteiger partial charge in [-0.15, -0.1) is 0 Å². The molecule has 6 heteroatoms. The molecule has 0 radical (unpaired) electrons. The highest BCUT2D eigenvalue weighted by Crippen LogP contribution is 2.24. The molecule has 0 aliphatic rings. The molecule has 0 bridgehead atoms. The van der Waals surface area contributed by atoms with E-state index in [-0.39, 0.29) is 18.2 Å². The average molecular weight is 418 g/mol. The molecule has 0 saturated heterocycles. The number of ether oxygens (including phenoxy) is 2. The largest absolute Gasteiger partial charge is 0.497 e. The normalized spacial score (nSPS) is 10.3. The van der Waals surface area contributed by atoms with Gasteiger partial charge in [0.15, 0.2) is 0 Å². The first kappa shape index (κ1) is 21.9. The van der Waals surface area contributed by atoms with Crippen LogP contribution in [0.25, 0.3) is 11.1 Å². The van der Waals surface area contributed by atoms with Gasteiger partial charge in [-0.05, 0) is 53.1 Å². The second-order valence-corrected chi connectivity index (χ2v) is 6.94. The smallest absolute Gasteiger partial charge is 0.251 e. The molecule has 0 aromatic heterocycles. The summed E-state index contributed by atoms with van der Waals surface area (Å²) in [7, 11) is 3.24. The standard InChI is InChI=1S/C25H26N2O4/c1-30-22-12-6-18(7-13-22)16-24(28)26-14-15-27-25(29)20-10-8-19(9-11-20)21-4-3-5-23(17-21)31-2/h3-13,17H,14-16H2,1-2H3,(H,26,28)(H,27,29). The molecule has 0 fully saturated rings. The predicted molar refractivity (Wildman–Crippen MR) is 120 cm³/mol. The number of hydrogen-bond acceptors (Lipinski definition) is 4. The van der Waals surface area contributed by atoms with Gasteiger partial charge >= 0.3 is 0 Å². The maximum Gasteiger partial charge on any atom is 0.251 e. The van der Waals surface area contributed by atoms with E-state index < -0.39 is 0 Å². The summed E-state index contributed by atoms with van der Waals surface area (Å²) in [5, 5.41) is 5.63. The molecule has 0 saturated carbocycles. The van der Waals surface area contributed by atoms with Gasteiger partial charge in [-0.2, -0.15) is 0 Å². The van der Waals surface area contributed by atoms with Crippen molar-refractivity contribution in [3.63, 3.8) is 0 Å². The lowest BCUT2D eigenvalue weighted by atomic mass is 10.0. The summed E-state index contributed by atoms with van der Waals surface area (Å²) >= 11 is 0. The van der Waals surface area contributed by atoms with E-state index in [0.29, 0.717) is 18.7 Å². The summed E-state index contributed by atoms with van der Waals surface area (Å²) in [6.45, 7) is 0.716. The van der Waals surface area contributed by atoms with Crippen LogP contribution in [-0.2, 0) is 11.2 Å². The topological polar surface area (TPSA) is 76.7 Å². The number of carbonyl (C=O) groups excluding carboxylic acids is 2. The summed E-state index contributed by atoms with van der Waals surface area (Å²) in [4.78, 5) is 24.4. The van der Waals surface area contributed by atoms with Crippen molar-refractivity contribution in [2.24, 2.45) is 0 Å². The van der Waals surface area contributed by atoms with Crippen molar-refractivity contribution in [3.8, 4) is 22.6 Å². The fourth-order valence-electron chi connectivity index (χ4n) is 3.09. The van der Waals surface area contributed by atoms with E-state index in [1.807, 2.05) is 60.7 Å². The van der Waals surface area contributed by atoms with Gasteiger partial charge in [0.05, 0.1) is 20.6 Å². The quantitative estimate of drug-likeness (QED) is 0.522. The Kier molecular flexibility index (Phi) is 7.65. The molecule has 6 nitrogen and oxygen atoms in total. The Morgan fingerprint density at radius 3 is 2.10 bits per heavy atom. The highest BCUT2D eigenvalue weighted by molar-refractivity contribution is 5.94. The SMILES string of the molecule is COc1ccc(CC(=O)NCCNC(=O)c2ccc(-c3cccc(OC)c3)cc2)cc1. The van der Waals surface area contributed by atoms with Gasteiger partial charge in [-0.3, -0.25) is 9.59 Å². The number of carbonyl (C=O) groups is 2. The van der Waals surface area contributed by atoms with Gasteiger partial charge in [0.1, 0.15) is 11.5 Å². The summed E-state index contributed by atoms with van der Waals surface area (Å²) in [5.41, 5.74) is 3.49. The first-order valence-electron chi connectivity index (χ1n) is 10.0. The number of benzene rings is 3. The number of nitrogens with one attached hydrogen (secondary N) is 2. The maximum absolute atomic E-state index is 12.3. The van der Waals surface area contributed by atoms with E-state index in [1.54, 1.807) is 26.4 Å². The van der Waals surface area contributed by atoms with Crippen molar-refractivity contribution in [2.75, 3.05) is 27.3 Å². The molecule has 0 unspecified atom stereocenters. The minimum atomic E-state index is -0.179. The van der Waals surface area contributed by atoms with Crippen LogP contribution in [0.1, 0.15) is 15.9 Å². The zero-order valence-electron chi connectivity index (χ0n) is 17.7. The van der Waals surface area contributed by atoms with Crippen LogP contribution >= 0.6 is 0 Å². The van der Waals surface area contributed by atoms with Gasteiger partial charge in [0.25, 0.3) is 5.91 Å². The molecule has 0 heterocycles. The highest BCUT2D eigenvalue weighted by Gasteiger charge is 2.07. The Bertz CT molecular complexity index is 1010. The fraction of sp³-hybridized carbons (Fsp3) is 0.200. The molecule has 0 aliphatic carbocycles. The molecule has 3 rings (SSSR count). The first-order chi connectivity index (χ1) is 15.1. The lowest BCUT2D eigenvalue weighted by Crippen LogP contribution is -2.35. The monoisotopic (exact) mass is 418 g/mol. The number of amides is 2. The van der Waals surface area contributed by atoms with E-state index in [1.165, 1.54) is 0 Å². The molecule has 31 heavy (non-hydrogen) atoms. The first-order valence-corrected chi connectivity index (χ1v) is 10.0. The average Bonchev–Trinajstić information content (AvgIpc) is 2.82. The van der Waals surface area contributed by atoms with E-state index in [4.69, 9.17) is 9.47 Å². The van der Waals surface area contributed by atoms with Crippen LogP contribution in [0, 0.1) is 0 Å². The summed E-state index contributed by atoms with van der Waals surface area (Å²) < 4.78 is 10.4. The van der Waals surface area contributed by atoms with Crippen LogP contribution in [-0.4, -0.2) is 39.1 Å².